The molecule has 0 aliphatic heterocycles. The van der Waals surface area contributed by atoms with Gasteiger partial charge in [-0.2, -0.15) is 0 Å². The number of benzene rings is 3. The van der Waals surface area contributed by atoms with Gasteiger partial charge in [-0.1, -0.05) is 58.4 Å². The molecule has 0 radical (unpaired) electrons. The van der Waals surface area contributed by atoms with Crippen molar-refractivity contribution in [2.45, 2.75) is 17.9 Å². The van der Waals surface area contributed by atoms with Gasteiger partial charge >= 0.3 is 0 Å². The molecule has 0 N–H and O–H groups in total. The Morgan fingerprint density at radius 3 is 2.05 bits per heavy atom. The maximum Gasteiger partial charge on any atom is 0.0789 e. The van der Waals surface area contributed by atoms with Crippen LogP contribution in [-0.2, 0) is 4.74 Å². The molecule has 22 heavy (non-hydrogen) atoms. The maximum atomic E-state index is 5.90. The average molecular weight is 351 g/mol. The molecule has 0 heterocycles. The van der Waals surface area contributed by atoms with Gasteiger partial charge in [0.1, 0.15) is 0 Å². The molecule has 0 amide bonds. The zero-order chi connectivity index (χ0) is 14.8. The Bertz CT molecular complexity index is 915. The molecule has 2 bridgehead atoms. The molecule has 3 atom stereocenters. The molecule has 3 unspecified atom stereocenters. The van der Waals surface area contributed by atoms with Gasteiger partial charge in [0.15, 0.2) is 0 Å². The van der Waals surface area contributed by atoms with Crippen molar-refractivity contribution in [3.8, 4) is 0 Å². The van der Waals surface area contributed by atoms with Crippen LogP contribution in [0.4, 0.5) is 0 Å². The highest BCUT2D eigenvalue weighted by Gasteiger charge is 2.49. The van der Waals surface area contributed by atoms with E-state index in [1.807, 2.05) is 7.11 Å². The number of hydrogen-bond donors (Lipinski definition) is 0. The first kappa shape index (κ1) is 12.9. The molecule has 2 aliphatic carbocycles. The SMILES string of the molecule is COC1C2c3ccccc3C1c1cc3cc(Br)ccc3cc12. The van der Waals surface area contributed by atoms with Crippen LogP contribution >= 0.6 is 15.9 Å². The monoisotopic (exact) mass is 350 g/mol. The van der Waals surface area contributed by atoms with E-state index in [1.165, 1.54) is 33.0 Å². The molecular weight excluding hydrogens is 336 g/mol. The van der Waals surface area contributed by atoms with Crippen LogP contribution < -0.4 is 0 Å². The van der Waals surface area contributed by atoms with Gasteiger partial charge in [-0.05, 0) is 45.2 Å². The van der Waals surface area contributed by atoms with E-state index in [0.29, 0.717) is 11.8 Å². The van der Waals surface area contributed by atoms with Crippen molar-refractivity contribution in [1.29, 1.82) is 0 Å². The molecule has 3 aromatic rings. The topological polar surface area (TPSA) is 9.23 Å². The summed E-state index contributed by atoms with van der Waals surface area (Å²) < 4.78 is 7.04. The van der Waals surface area contributed by atoms with Crippen LogP contribution in [0.5, 0.6) is 0 Å². The number of rotatable bonds is 1. The predicted octanol–water partition coefficient (Wildman–Crippen LogP) is 5.21. The first-order chi connectivity index (χ1) is 10.8. The van der Waals surface area contributed by atoms with E-state index in [4.69, 9.17) is 4.74 Å². The molecule has 0 fully saturated rings. The highest BCUT2D eigenvalue weighted by Crippen LogP contribution is 2.58. The highest BCUT2D eigenvalue weighted by atomic mass is 79.9. The molecule has 2 aliphatic rings. The number of methoxy groups -OCH3 is 1. The van der Waals surface area contributed by atoms with Crippen molar-refractivity contribution in [3.05, 3.63) is 81.3 Å². The highest BCUT2D eigenvalue weighted by molar-refractivity contribution is 9.10. The lowest BCUT2D eigenvalue weighted by atomic mass is 9.85. The van der Waals surface area contributed by atoms with Crippen molar-refractivity contribution < 1.29 is 4.74 Å². The van der Waals surface area contributed by atoms with Gasteiger partial charge in [-0.3, -0.25) is 0 Å². The summed E-state index contributed by atoms with van der Waals surface area (Å²) in [6, 6.07) is 20.1. The lowest BCUT2D eigenvalue weighted by molar-refractivity contribution is 0.0960. The predicted molar refractivity (Wildman–Crippen MR) is 92.6 cm³/mol. The van der Waals surface area contributed by atoms with Crippen molar-refractivity contribution in [2.24, 2.45) is 0 Å². The molecule has 0 aromatic heterocycles. The average Bonchev–Trinajstić information content (AvgIpc) is 3.03. The van der Waals surface area contributed by atoms with Crippen molar-refractivity contribution in [3.63, 3.8) is 0 Å². The van der Waals surface area contributed by atoms with Crippen LogP contribution in [0, 0.1) is 0 Å². The van der Waals surface area contributed by atoms with E-state index < -0.39 is 0 Å². The van der Waals surface area contributed by atoms with Crippen molar-refractivity contribution >= 4 is 26.7 Å². The second-order valence-corrected chi connectivity index (χ2v) is 7.17. The smallest absolute Gasteiger partial charge is 0.0789 e. The molecule has 108 valence electrons. The van der Waals surface area contributed by atoms with E-state index >= 15 is 0 Å². The van der Waals surface area contributed by atoms with Gasteiger partial charge in [0, 0.05) is 23.4 Å². The van der Waals surface area contributed by atoms with E-state index in [1.54, 1.807) is 0 Å². The van der Waals surface area contributed by atoms with E-state index in [-0.39, 0.29) is 6.10 Å². The quantitative estimate of drug-likeness (QED) is 0.585. The lowest BCUT2D eigenvalue weighted by Gasteiger charge is -2.19. The van der Waals surface area contributed by atoms with Crippen molar-refractivity contribution in [1.82, 2.24) is 0 Å². The van der Waals surface area contributed by atoms with Crippen LogP contribution in [0.3, 0.4) is 0 Å². The molecule has 5 rings (SSSR count). The minimum Gasteiger partial charge on any atom is -0.379 e. The molecular formula is C20H15BrO. The Morgan fingerprint density at radius 2 is 1.41 bits per heavy atom. The standard InChI is InChI=1S/C20H15BrO/c1-22-20-18-14-4-2-3-5-15(14)19(20)17-10-12-8-13(21)7-6-11(12)9-16(17)18/h2-10,18-20H,1H3. The number of ether oxygens (including phenoxy) is 1. The van der Waals surface area contributed by atoms with Crippen molar-refractivity contribution in [2.75, 3.05) is 7.11 Å². The summed E-state index contributed by atoms with van der Waals surface area (Å²) in [6.45, 7) is 0. The van der Waals surface area contributed by atoms with Gasteiger partial charge in [0.25, 0.3) is 0 Å². The zero-order valence-corrected chi connectivity index (χ0v) is 13.8. The molecule has 2 heteroatoms. The number of halogens is 1. The minimum atomic E-state index is 0.243. The van der Waals surface area contributed by atoms with Crippen LogP contribution in [0.25, 0.3) is 10.8 Å². The maximum absolute atomic E-state index is 5.90. The second kappa shape index (κ2) is 4.43. The summed E-state index contributed by atoms with van der Waals surface area (Å²) in [5, 5.41) is 2.61. The third-order valence-electron chi connectivity index (χ3n) is 5.27. The van der Waals surface area contributed by atoms with Gasteiger partial charge in [-0.15, -0.1) is 0 Å². The fraction of sp³-hybridized carbons (Fsp3) is 0.200. The van der Waals surface area contributed by atoms with Crippen LogP contribution in [-0.4, -0.2) is 13.2 Å². The molecule has 1 nitrogen and oxygen atoms in total. The number of hydrogen-bond acceptors (Lipinski definition) is 1. The largest absolute Gasteiger partial charge is 0.379 e. The fourth-order valence-corrected chi connectivity index (χ4v) is 4.81. The summed E-state index contributed by atoms with van der Waals surface area (Å²) in [5.41, 5.74) is 5.79. The summed E-state index contributed by atoms with van der Waals surface area (Å²) >= 11 is 3.58. The molecule has 0 saturated heterocycles. The van der Waals surface area contributed by atoms with Crippen LogP contribution in [0.2, 0.25) is 0 Å². The molecule has 0 spiro atoms. The van der Waals surface area contributed by atoms with Gasteiger partial charge in [0.2, 0.25) is 0 Å². The normalized spacial score (nSPS) is 24.5. The minimum absolute atomic E-state index is 0.243. The first-order valence-corrected chi connectivity index (χ1v) is 8.42. The Balaban J connectivity index is 1.81. The second-order valence-electron chi connectivity index (χ2n) is 6.26. The van der Waals surface area contributed by atoms with Gasteiger partial charge in [-0.25, -0.2) is 0 Å². The summed E-state index contributed by atoms with van der Waals surface area (Å²) in [4.78, 5) is 0. The third kappa shape index (κ3) is 1.52. The van der Waals surface area contributed by atoms with Gasteiger partial charge < -0.3 is 4.74 Å². The summed E-state index contributed by atoms with van der Waals surface area (Å²) in [5.74, 6) is 0.763. The Morgan fingerprint density at radius 1 is 0.773 bits per heavy atom. The van der Waals surface area contributed by atoms with Gasteiger partial charge in [0.05, 0.1) is 6.10 Å². The lowest BCUT2D eigenvalue weighted by Crippen LogP contribution is -2.14. The zero-order valence-electron chi connectivity index (χ0n) is 12.2. The molecule has 3 aromatic carbocycles. The van der Waals surface area contributed by atoms with E-state index in [0.717, 1.165) is 4.47 Å². The summed E-state index contributed by atoms with van der Waals surface area (Å²) in [6.07, 6.45) is 0.243. The fourth-order valence-electron chi connectivity index (χ4n) is 4.43. The molecule has 0 saturated carbocycles. The Labute approximate surface area is 138 Å². The van der Waals surface area contributed by atoms with E-state index in [9.17, 15) is 0 Å². The number of fused-ring (bicyclic) bond motifs is 9. The van der Waals surface area contributed by atoms with Crippen LogP contribution in [0.15, 0.2) is 59.1 Å². The summed E-state index contributed by atoms with van der Waals surface area (Å²) in [7, 11) is 1.85. The Kier molecular flexibility index (Phi) is 2.59. The Hall–Kier alpha value is -1.64. The first-order valence-electron chi connectivity index (χ1n) is 7.62. The third-order valence-corrected chi connectivity index (χ3v) is 5.76. The van der Waals surface area contributed by atoms with E-state index in [2.05, 4.69) is 70.5 Å². The van der Waals surface area contributed by atoms with Crippen LogP contribution in [0.1, 0.15) is 34.1 Å².